The van der Waals surface area contributed by atoms with Crippen LogP contribution in [0.1, 0.15) is 19.3 Å². The Morgan fingerprint density at radius 1 is 1.30 bits per heavy atom. The molecular weight excluding hydrogens is 256 g/mol. The number of carbonyl (C=O) groups is 1. The van der Waals surface area contributed by atoms with E-state index in [1.165, 1.54) is 0 Å². The van der Waals surface area contributed by atoms with E-state index in [1.54, 1.807) is 0 Å². The maximum absolute atomic E-state index is 10.6. The molecule has 1 atom stereocenters. The second-order valence-electron chi connectivity index (χ2n) is 5.13. The van der Waals surface area contributed by atoms with Crippen LogP contribution in [0.15, 0.2) is 24.3 Å². The van der Waals surface area contributed by atoms with Crippen molar-refractivity contribution >= 4 is 23.0 Å². The molecule has 1 aliphatic heterocycles. The largest absolute Gasteiger partial charge is 0.481 e. The summed E-state index contributed by atoms with van der Waals surface area (Å²) < 4.78 is 0. The quantitative estimate of drug-likeness (QED) is 0.912. The van der Waals surface area contributed by atoms with Crippen LogP contribution in [-0.2, 0) is 4.79 Å². The average Bonchev–Trinajstić information content (AvgIpc) is 2.93. The smallest absolute Gasteiger partial charge is 0.303 e. The van der Waals surface area contributed by atoms with Gasteiger partial charge in [-0.3, -0.25) is 4.79 Å². The molecule has 1 unspecified atom stereocenters. The molecule has 1 fully saturated rings. The Labute approximate surface area is 116 Å². The number of nitrogens with zero attached hydrogens (tertiary/aromatic N) is 4. The van der Waals surface area contributed by atoms with Crippen molar-refractivity contribution in [2.45, 2.75) is 19.3 Å². The van der Waals surface area contributed by atoms with Crippen LogP contribution in [0, 0.1) is 5.92 Å². The van der Waals surface area contributed by atoms with Crippen molar-refractivity contribution < 1.29 is 9.90 Å². The van der Waals surface area contributed by atoms with Crippen molar-refractivity contribution in [2.75, 3.05) is 18.0 Å². The van der Waals surface area contributed by atoms with E-state index in [2.05, 4.69) is 20.1 Å². The summed E-state index contributed by atoms with van der Waals surface area (Å²) in [6.07, 6.45) is 1.94. The number of benzene rings is 1. The van der Waals surface area contributed by atoms with Crippen molar-refractivity contribution in [3.63, 3.8) is 0 Å². The summed E-state index contributed by atoms with van der Waals surface area (Å²) in [7, 11) is 0. The second kappa shape index (κ2) is 5.40. The molecule has 6 nitrogen and oxygen atoms in total. The Morgan fingerprint density at radius 2 is 2.10 bits per heavy atom. The summed E-state index contributed by atoms with van der Waals surface area (Å²) in [6.45, 7) is 1.68. The molecule has 1 saturated heterocycles. The van der Waals surface area contributed by atoms with E-state index >= 15 is 0 Å². The zero-order chi connectivity index (χ0) is 13.9. The van der Waals surface area contributed by atoms with E-state index < -0.39 is 5.97 Å². The van der Waals surface area contributed by atoms with Gasteiger partial charge < -0.3 is 10.0 Å². The maximum atomic E-state index is 10.6. The van der Waals surface area contributed by atoms with E-state index in [1.807, 2.05) is 24.3 Å². The summed E-state index contributed by atoms with van der Waals surface area (Å²) >= 11 is 0. The monoisotopic (exact) mass is 272 g/mol. The van der Waals surface area contributed by atoms with Gasteiger partial charge in [0.2, 0.25) is 5.95 Å². The summed E-state index contributed by atoms with van der Waals surface area (Å²) in [6, 6.07) is 7.65. The number of rotatable bonds is 4. The standard InChI is InChI=1S/C14H16N4O2/c19-13(20)6-5-10-7-8-18(9-10)14-15-11-3-1-2-4-12(11)16-17-14/h1-4,10H,5-9H2,(H,19,20). The molecule has 2 aromatic rings. The van der Waals surface area contributed by atoms with Crippen LogP contribution in [0.2, 0.25) is 0 Å². The minimum absolute atomic E-state index is 0.231. The molecule has 104 valence electrons. The van der Waals surface area contributed by atoms with E-state index in [-0.39, 0.29) is 6.42 Å². The molecule has 1 N–H and O–H groups in total. The molecule has 0 amide bonds. The topological polar surface area (TPSA) is 79.2 Å². The number of para-hydroxylation sites is 1. The lowest BCUT2D eigenvalue weighted by molar-refractivity contribution is -0.137. The van der Waals surface area contributed by atoms with E-state index in [0.717, 1.165) is 30.5 Å². The normalized spacial score (nSPS) is 18.6. The third-order valence-corrected chi connectivity index (χ3v) is 3.68. The Balaban J connectivity index is 1.71. The van der Waals surface area contributed by atoms with Gasteiger partial charge in [-0.15, -0.1) is 10.2 Å². The van der Waals surface area contributed by atoms with Crippen LogP contribution < -0.4 is 4.90 Å². The van der Waals surface area contributed by atoms with Crippen molar-refractivity contribution in [3.8, 4) is 0 Å². The van der Waals surface area contributed by atoms with Crippen molar-refractivity contribution in [2.24, 2.45) is 5.92 Å². The highest BCUT2D eigenvalue weighted by Crippen LogP contribution is 2.24. The molecule has 20 heavy (non-hydrogen) atoms. The van der Waals surface area contributed by atoms with Crippen LogP contribution in [-0.4, -0.2) is 39.3 Å². The fourth-order valence-corrected chi connectivity index (χ4v) is 2.58. The summed E-state index contributed by atoms with van der Waals surface area (Å²) in [4.78, 5) is 17.2. The van der Waals surface area contributed by atoms with Gasteiger partial charge >= 0.3 is 5.97 Å². The highest BCUT2D eigenvalue weighted by molar-refractivity contribution is 5.74. The van der Waals surface area contributed by atoms with E-state index in [0.29, 0.717) is 18.3 Å². The predicted molar refractivity (Wildman–Crippen MR) is 74.5 cm³/mol. The highest BCUT2D eigenvalue weighted by Gasteiger charge is 2.25. The second-order valence-corrected chi connectivity index (χ2v) is 5.13. The van der Waals surface area contributed by atoms with Crippen LogP contribution in [0.3, 0.4) is 0 Å². The Hall–Kier alpha value is -2.24. The van der Waals surface area contributed by atoms with Crippen LogP contribution in [0.25, 0.3) is 11.0 Å². The molecule has 0 radical (unpaired) electrons. The molecule has 0 spiro atoms. The van der Waals surface area contributed by atoms with Gasteiger partial charge in [0, 0.05) is 19.5 Å². The molecule has 3 rings (SSSR count). The first-order chi connectivity index (χ1) is 9.72. The SMILES string of the molecule is O=C(O)CCC1CCN(c2nnc3ccccc3n2)C1. The lowest BCUT2D eigenvalue weighted by atomic mass is 10.0. The number of aliphatic carboxylic acids is 1. The third-order valence-electron chi connectivity index (χ3n) is 3.68. The number of hydrogen-bond acceptors (Lipinski definition) is 5. The number of aromatic nitrogens is 3. The number of carboxylic acid groups (broad SMARTS) is 1. The Bertz CT molecular complexity index is 631. The van der Waals surface area contributed by atoms with Crippen LogP contribution in [0.5, 0.6) is 0 Å². The number of hydrogen-bond donors (Lipinski definition) is 1. The fraction of sp³-hybridized carbons (Fsp3) is 0.429. The summed E-state index contributed by atoms with van der Waals surface area (Å²) in [5.41, 5.74) is 1.63. The van der Waals surface area contributed by atoms with Gasteiger partial charge in [0.25, 0.3) is 0 Å². The minimum Gasteiger partial charge on any atom is -0.481 e. The lowest BCUT2D eigenvalue weighted by Gasteiger charge is -2.15. The third kappa shape index (κ3) is 2.68. The molecule has 6 heteroatoms. The van der Waals surface area contributed by atoms with E-state index in [9.17, 15) is 4.79 Å². The Morgan fingerprint density at radius 3 is 2.90 bits per heavy atom. The van der Waals surface area contributed by atoms with Gasteiger partial charge in [0.05, 0.1) is 5.52 Å². The summed E-state index contributed by atoms with van der Waals surface area (Å²) in [5, 5.41) is 17.1. The minimum atomic E-state index is -0.730. The molecule has 0 aliphatic carbocycles. The zero-order valence-electron chi connectivity index (χ0n) is 11.1. The van der Waals surface area contributed by atoms with Gasteiger partial charge in [-0.25, -0.2) is 4.98 Å². The summed E-state index contributed by atoms with van der Waals surface area (Å²) in [5.74, 6) is 0.315. The lowest BCUT2D eigenvalue weighted by Crippen LogP contribution is -2.22. The maximum Gasteiger partial charge on any atom is 0.303 e. The van der Waals surface area contributed by atoms with Crippen molar-refractivity contribution in [3.05, 3.63) is 24.3 Å². The molecule has 0 saturated carbocycles. The zero-order valence-corrected chi connectivity index (χ0v) is 11.1. The van der Waals surface area contributed by atoms with E-state index in [4.69, 9.17) is 5.11 Å². The molecular formula is C14H16N4O2. The van der Waals surface area contributed by atoms with Gasteiger partial charge in [0.1, 0.15) is 5.52 Å². The molecule has 1 aromatic carbocycles. The van der Waals surface area contributed by atoms with Crippen molar-refractivity contribution in [1.82, 2.24) is 15.2 Å². The van der Waals surface area contributed by atoms with Gasteiger partial charge in [-0.2, -0.15) is 0 Å². The van der Waals surface area contributed by atoms with Crippen molar-refractivity contribution in [1.29, 1.82) is 0 Å². The highest BCUT2D eigenvalue weighted by atomic mass is 16.4. The van der Waals surface area contributed by atoms with Gasteiger partial charge in [-0.05, 0) is 30.9 Å². The molecule has 2 heterocycles. The number of fused-ring (bicyclic) bond motifs is 1. The van der Waals surface area contributed by atoms with Crippen LogP contribution in [0.4, 0.5) is 5.95 Å². The first-order valence-corrected chi connectivity index (χ1v) is 6.78. The van der Waals surface area contributed by atoms with Gasteiger partial charge in [-0.1, -0.05) is 12.1 Å². The average molecular weight is 272 g/mol. The van der Waals surface area contributed by atoms with Gasteiger partial charge in [0.15, 0.2) is 0 Å². The Kier molecular flexibility index (Phi) is 3.45. The molecule has 1 aliphatic rings. The number of carboxylic acids is 1. The predicted octanol–water partition coefficient (Wildman–Crippen LogP) is 1.72. The number of anilines is 1. The fourth-order valence-electron chi connectivity index (χ4n) is 2.58. The first kappa shape index (κ1) is 12.8. The molecule has 1 aromatic heterocycles. The molecule has 0 bridgehead atoms. The van der Waals surface area contributed by atoms with Crippen LogP contribution >= 0.6 is 0 Å². The first-order valence-electron chi connectivity index (χ1n) is 6.78.